The molecule has 1 aliphatic heterocycles. The van der Waals surface area contributed by atoms with Gasteiger partial charge in [-0.25, -0.2) is 4.79 Å². The monoisotopic (exact) mass is 376 g/mol. The predicted octanol–water partition coefficient (Wildman–Crippen LogP) is 1.85. The van der Waals surface area contributed by atoms with E-state index >= 15 is 0 Å². The predicted molar refractivity (Wildman–Crippen MR) is 83.3 cm³/mol. The van der Waals surface area contributed by atoms with E-state index in [1.807, 2.05) is 0 Å². The molecule has 1 amide bonds. The van der Waals surface area contributed by atoms with Gasteiger partial charge in [0.1, 0.15) is 0 Å². The largest absolute Gasteiger partial charge is 0.463 e. The number of fused-ring (bicyclic) bond motifs is 1. The normalized spacial score (nSPS) is 15.3. The van der Waals surface area contributed by atoms with Crippen LogP contribution in [0.4, 0.5) is 13.2 Å². The molecule has 2 rings (SSSR count). The molecule has 1 aromatic carbocycles. The molecule has 0 aromatic heterocycles. The number of nitrogens with one attached hydrogen (secondary N) is 2. The number of carbonyl (C=O) groups excluding carboxylic acids is 2. The number of rotatable bonds is 7. The highest BCUT2D eigenvalue weighted by atomic mass is 19.4. The van der Waals surface area contributed by atoms with Crippen molar-refractivity contribution in [3.63, 3.8) is 0 Å². The second-order valence-electron chi connectivity index (χ2n) is 5.41. The van der Waals surface area contributed by atoms with Crippen LogP contribution in [0, 0.1) is 0 Å². The summed E-state index contributed by atoms with van der Waals surface area (Å²) >= 11 is 0. The first-order chi connectivity index (χ1) is 12.2. The van der Waals surface area contributed by atoms with Gasteiger partial charge in [0.15, 0.2) is 11.5 Å². The second-order valence-corrected chi connectivity index (χ2v) is 5.41. The Bertz CT molecular complexity index is 680. The Hall–Kier alpha value is -2.49. The lowest BCUT2D eigenvalue weighted by molar-refractivity contribution is -0.222. The molecule has 0 saturated carbocycles. The van der Waals surface area contributed by atoms with Gasteiger partial charge in [-0.05, 0) is 24.6 Å². The SMILES string of the molecule is CCOC(=O)[C@](NCc1ccc2c(c1)OCO2)(NC(=O)CC)C(F)(F)F. The molecular formula is C16H19F3N2O5. The van der Waals surface area contributed by atoms with Gasteiger partial charge in [-0.2, -0.15) is 13.2 Å². The number of halogens is 3. The Labute approximate surface area is 147 Å². The van der Waals surface area contributed by atoms with Gasteiger partial charge < -0.3 is 19.5 Å². The summed E-state index contributed by atoms with van der Waals surface area (Å²) in [5.41, 5.74) is -2.95. The quantitative estimate of drug-likeness (QED) is 0.558. The van der Waals surface area contributed by atoms with Gasteiger partial charge in [0.05, 0.1) is 6.61 Å². The van der Waals surface area contributed by atoms with Crippen molar-refractivity contribution < 1.29 is 37.0 Å². The number of hydrogen-bond donors (Lipinski definition) is 2. The van der Waals surface area contributed by atoms with Crippen LogP contribution >= 0.6 is 0 Å². The van der Waals surface area contributed by atoms with E-state index in [4.69, 9.17) is 9.47 Å². The van der Waals surface area contributed by atoms with Crippen LogP contribution < -0.4 is 20.1 Å². The first-order valence-electron chi connectivity index (χ1n) is 7.92. The van der Waals surface area contributed by atoms with Gasteiger partial charge in [-0.1, -0.05) is 13.0 Å². The third-order valence-electron chi connectivity index (χ3n) is 3.65. The zero-order chi connectivity index (χ0) is 19.4. The third kappa shape index (κ3) is 4.01. The van der Waals surface area contributed by atoms with Crippen LogP contribution in [-0.4, -0.2) is 37.1 Å². The fourth-order valence-electron chi connectivity index (χ4n) is 2.28. The van der Waals surface area contributed by atoms with Crippen molar-refractivity contribution >= 4 is 11.9 Å². The van der Waals surface area contributed by atoms with Crippen molar-refractivity contribution in [3.05, 3.63) is 23.8 Å². The molecule has 0 aliphatic carbocycles. The summed E-state index contributed by atoms with van der Waals surface area (Å²) in [5.74, 6) is -1.72. The smallest absolute Gasteiger partial charge is 0.436 e. The van der Waals surface area contributed by atoms with Gasteiger partial charge in [0, 0.05) is 13.0 Å². The Morgan fingerprint density at radius 1 is 1.19 bits per heavy atom. The number of esters is 1. The molecule has 1 aromatic rings. The van der Waals surface area contributed by atoms with E-state index in [1.54, 1.807) is 11.4 Å². The summed E-state index contributed by atoms with van der Waals surface area (Å²) in [6.45, 7) is 2.12. The van der Waals surface area contributed by atoms with Crippen molar-refractivity contribution in [2.24, 2.45) is 0 Å². The summed E-state index contributed by atoms with van der Waals surface area (Å²) in [5, 5.41) is 3.82. The number of benzene rings is 1. The minimum Gasteiger partial charge on any atom is -0.463 e. The highest BCUT2D eigenvalue weighted by Crippen LogP contribution is 2.34. The Kier molecular flexibility index (Phi) is 5.96. The van der Waals surface area contributed by atoms with Gasteiger partial charge in [-0.15, -0.1) is 0 Å². The molecule has 0 radical (unpaired) electrons. The van der Waals surface area contributed by atoms with Crippen molar-refractivity contribution in [2.45, 2.75) is 38.7 Å². The summed E-state index contributed by atoms with van der Waals surface area (Å²) in [4.78, 5) is 23.8. The van der Waals surface area contributed by atoms with Crippen molar-refractivity contribution in [2.75, 3.05) is 13.4 Å². The zero-order valence-electron chi connectivity index (χ0n) is 14.2. The number of amides is 1. The molecule has 0 bridgehead atoms. The highest BCUT2D eigenvalue weighted by Gasteiger charge is 2.62. The van der Waals surface area contributed by atoms with Gasteiger partial charge in [-0.3, -0.25) is 10.1 Å². The van der Waals surface area contributed by atoms with E-state index in [0.29, 0.717) is 17.1 Å². The lowest BCUT2D eigenvalue weighted by atomic mass is 10.1. The lowest BCUT2D eigenvalue weighted by Gasteiger charge is -2.34. The van der Waals surface area contributed by atoms with Crippen molar-refractivity contribution in [1.82, 2.24) is 10.6 Å². The standard InChI is InChI=1S/C16H19F3N2O5/c1-3-13(22)21-15(16(17,18)19,14(23)24-4-2)20-8-10-5-6-11-12(7-10)26-9-25-11/h5-7,20H,3-4,8-9H2,1-2H3,(H,21,22)/t15-/m0/s1. The van der Waals surface area contributed by atoms with Crippen LogP contribution in [0.1, 0.15) is 25.8 Å². The summed E-state index contributed by atoms with van der Waals surface area (Å²) < 4.78 is 56.1. The maximum atomic E-state index is 13.7. The van der Waals surface area contributed by atoms with Crippen LogP contribution in [0.25, 0.3) is 0 Å². The average molecular weight is 376 g/mol. The molecule has 1 aliphatic rings. The lowest BCUT2D eigenvalue weighted by Crippen LogP contribution is -2.72. The van der Waals surface area contributed by atoms with E-state index < -0.39 is 23.7 Å². The van der Waals surface area contributed by atoms with Crippen LogP contribution in [-0.2, 0) is 20.9 Å². The summed E-state index contributed by atoms with van der Waals surface area (Å²) in [6, 6.07) is 4.56. The van der Waals surface area contributed by atoms with E-state index in [2.05, 4.69) is 10.1 Å². The van der Waals surface area contributed by atoms with Gasteiger partial charge in [0.25, 0.3) is 5.66 Å². The first-order valence-corrected chi connectivity index (χ1v) is 7.92. The maximum Gasteiger partial charge on any atom is 0.436 e. The molecule has 7 nitrogen and oxygen atoms in total. The van der Waals surface area contributed by atoms with Crippen LogP contribution in [0.5, 0.6) is 11.5 Å². The van der Waals surface area contributed by atoms with Gasteiger partial charge >= 0.3 is 12.1 Å². The Morgan fingerprint density at radius 2 is 1.88 bits per heavy atom. The molecule has 10 heteroatoms. The number of ether oxygens (including phenoxy) is 3. The van der Waals surface area contributed by atoms with E-state index in [9.17, 15) is 22.8 Å². The van der Waals surface area contributed by atoms with Gasteiger partial charge in [0.2, 0.25) is 12.7 Å². The number of carbonyl (C=O) groups is 2. The van der Waals surface area contributed by atoms with E-state index in [0.717, 1.165) is 0 Å². The van der Waals surface area contributed by atoms with Crippen molar-refractivity contribution in [1.29, 1.82) is 0 Å². The molecule has 144 valence electrons. The van der Waals surface area contributed by atoms with Crippen molar-refractivity contribution in [3.8, 4) is 11.5 Å². The minimum atomic E-state index is -5.12. The Balaban J connectivity index is 2.29. The maximum absolute atomic E-state index is 13.7. The highest BCUT2D eigenvalue weighted by molar-refractivity contribution is 5.88. The molecule has 1 heterocycles. The van der Waals surface area contributed by atoms with Crippen LogP contribution in [0.15, 0.2) is 18.2 Å². The van der Waals surface area contributed by atoms with Crippen LogP contribution in [0.2, 0.25) is 0 Å². The molecule has 0 unspecified atom stereocenters. The fourth-order valence-corrected chi connectivity index (χ4v) is 2.28. The molecule has 26 heavy (non-hydrogen) atoms. The zero-order valence-corrected chi connectivity index (χ0v) is 14.2. The number of alkyl halides is 3. The molecule has 2 N–H and O–H groups in total. The summed E-state index contributed by atoms with van der Waals surface area (Å²) in [6.07, 6.45) is -5.36. The van der Waals surface area contributed by atoms with Crippen LogP contribution in [0.3, 0.4) is 0 Å². The molecule has 0 fully saturated rings. The van der Waals surface area contributed by atoms with E-state index in [-0.39, 0.29) is 26.4 Å². The third-order valence-corrected chi connectivity index (χ3v) is 3.65. The molecular weight excluding hydrogens is 357 g/mol. The minimum absolute atomic E-state index is 0.0219. The summed E-state index contributed by atoms with van der Waals surface area (Å²) in [7, 11) is 0. The topological polar surface area (TPSA) is 85.9 Å². The molecule has 0 saturated heterocycles. The fraction of sp³-hybridized carbons (Fsp3) is 0.500. The van der Waals surface area contributed by atoms with E-state index in [1.165, 1.54) is 26.0 Å². The first kappa shape index (κ1) is 19.8. The molecule has 1 atom stereocenters. The second kappa shape index (κ2) is 7.81. The molecule has 0 spiro atoms. The Morgan fingerprint density at radius 3 is 2.50 bits per heavy atom. The number of hydrogen-bond acceptors (Lipinski definition) is 6. The average Bonchev–Trinajstić information content (AvgIpc) is 3.05.